The van der Waals surface area contributed by atoms with Gasteiger partial charge in [0.05, 0.1) is 22.5 Å². The van der Waals surface area contributed by atoms with E-state index in [2.05, 4.69) is 10.6 Å². The summed E-state index contributed by atoms with van der Waals surface area (Å²) in [5.74, 6) is -3.38. The molecule has 3 amide bonds. The van der Waals surface area contributed by atoms with Crippen LogP contribution in [0.25, 0.3) is 0 Å². The number of nitrogens with zero attached hydrogens (tertiary/aromatic N) is 1. The van der Waals surface area contributed by atoms with Gasteiger partial charge in [-0.3, -0.25) is 19.2 Å². The molecule has 32 heavy (non-hydrogen) atoms. The highest BCUT2D eigenvalue weighted by Gasteiger charge is 2.38. The SMILES string of the molecule is CC[C@H](NC(=O)c1cc(Cl)c(O)c(Cl)c1)C(=O)N1CCCC1C(=O)N[C@H](C=O)CC(=O)O. The smallest absolute Gasteiger partial charge is 0.305 e. The molecule has 1 aromatic carbocycles. The highest BCUT2D eigenvalue weighted by Crippen LogP contribution is 2.32. The number of phenols is 1. The third-order valence-corrected chi connectivity index (χ3v) is 5.59. The molecule has 0 spiro atoms. The lowest BCUT2D eigenvalue weighted by atomic mass is 10.1. The van der Waals surface area contributed by atoms with E-state index < -0.39 is 48.2 Å². The molecule has 1 aliphatic heterocycles. The first-order valence-electron chi connectivity index (χ1n) is 9.85. The number of phenolic OH excluding ortho intramolecular Hbond substituents is 1. The zero-order valence-corrected chi connectivity index (χ0v) is 18.7. The number of aliphatic carboxylic acids is 1. The number of benzene rings is 1. The number of carboxylic acids is 1. The maximum atomic E-state index is 13.1. The van der Waals surface area contributed by atoms with Crippen molar-refractivity contribution >= 4 is 53.2 Å². The second-order valence-electron chi connectivity index (χ2n) is 7.26. The lowest BCUT2D eigenvalue weighted by Crippen LogP contribution is -2.54. The van der Waals surface area contributed by atoms with E-state index in [1.54, 1.807) is 6.92 Å². The average Bonchev–Trinajstić information content (AvgIpc) is 3.23. The highest BCUT2D eigenvalue weighted by molar-refractivity contribution is 6.37. The van der Waals surface area contributed by atoms with E-state index in [9.17, 15) is 29.1 Å². The monoisotopic (exact) mass is 487 g/mol. The molecule has 10 nitrogen and oxygen atoms in total. The molecular weight excluding hydrogens is 465 g/mol. The molecule has 1 unspecified atom stereocenters. The first-order chi connectivity index (χ1) is 15.1. The van der Waals surface area contributed by atoms with Gasteiger partial charge in [-0.15, -0.1) is 0 Å². The maximum absolute atomic E-state index is 13.1. The number of rotatable bonds is 9. The molecule has 0 aromatic heterocycles. The fraction of sp³-hybridized carbons (Fsp3) is 0.450. The minimum atomic E-state index is -1.25. The molecule has 3 atom stereocenters. The summed E-state index contributed by atoms with van der Waals surface area (Å²) in [5.41, 5.74) is 0.0438. The number of carboxylic acid groups (broad SMARTS) is 1. The zero-order valence-electron chi connectivity index (χ0n) is 17.1. The van der Waals surface area contributed by atoms with E-state index in [1.807, 2.05) is 0 Å². The summed E-state index contributed by atoms with van der Waals surface area (Å²) >= 11 is 11.7. The molecule has 1 heterocycles. The summed E-state index contributed by atoms with van der Waals surface area (Å²) in [7, 11) is 0. The van der Waals surface area contributed by atoms with Crippen molar-refractivity contribution in [3.05, 3.63) is 27.7 Å². The average molecular weight is 488 g/mol. The van der Waals surface area contributed by atoms with Gasteiger partial charge in [0.15, 0.2) is 5.75 Å². The normalized spacial score (nSPS) is 17.3. The van der Waals surface area contributed by atoms with Crippen LogP contribution in [-0.2, 0) is 19.2 Å². The van der Waals surface area contributed by atoms with Gasteiger partial charge in [0, 0.05) is 12.1 Å². The molecular formula is C20H23Cl2N3O7. The van der Waals surface area contributed by atoms with Gasteiger partial charge < -0.3 is 30.5 Å². The van der Waals surface area contributed by atoms with E-state index >= 15 is 0 Å². The molecule has 1 aromatic rings. The predicted octanol–water partition coefficient (Wildman–Crippen LogP) is 1.36. The lowest BCUT2D eigenvalue weighted by molar-refractivity contribution is -0.142. The Labute approximate surface area is 193 Å². The van der Waals surface area contributed by atoms with Crippen molar-refractivity contribution in [2.45, 2.75) is 50.7 Å². The van der Waals surface area contributed by atoms with Crippen LogP contribution in [0, 0.1) is 0 Å². The van der Waals surface area contributed by atoms with Crippen molar-refractivity contribution in [2.24, 2.45) is 0 Å². The number of carbonyl (C=O) groups excluding carboxylic acids is 4. The van der Waals surface area contributed by atoms with Crippen LogP contribution in [-0.4, -0.2) is 69.8 Å². The molecule has 0 radical (unpaired) electrons. The quantitative estimate of drug-likeness (QED) is 0.383. The Kier molecular flexibility index (Phi) is 8.85. The number of aldehydes is 1. The molecule has 0 aliphatic carbocycles. The van der Waals surface area contributed by atoms with Crippen LogP contribution in [0.2, 0.25) is 10.0 Å². The van der Waals surface area contributed by atoms with Gasteiger partial charge in [0.25, 0.3) is 5.91 Å². The van der Waals surface area contributed by atoms with E-state index in [-0.39, 0.29) is 34.3 Å². The molecule has 12 heteroatoms. The van der Waals surface area contributed by atoms with E-state index in [4.69, 9.17) is 28.3 Å². The van der Waals surface area contributed by atoms with Gasteiger partial charge in [-0.1, -0.05) is 30.1 Å². The van der Waals surface area contributed by atoms with Crippen LogP contribution >= 0.6 is 23.2 Å². The third kappa shape index (κ3) is 6.10. The number of carbonyl (C=O) groups is 5. The van der Waals surface area contributed by atoms with Crippen LogP contribution < -0.4 is 10.6 Å². The van der Waals surface area contributed by atoms with Gasteiger partial charge >= 0.3 is 5.97 Å². The van der Waals surface area contributed by atoms with Crippen molar-refractivity contribution < 1.29 is 34.2 Å². The Hall–Kier alpha value is -2.85. The fourth-order valence-electron chi connectivity index (χ4n) is 3.38. The summed E-state index contributed by atoms with van der Waals surface area (Å²) < 4.78 is 0. The van der Waals surface area contributed by atoms with Gasteiger partial charge in [0.2, 0.25) is 11.8 Å². The Morgan fingerprint density at radius 3 is 2.38 bits per heavy atom. The van der Waals surface area contributed by atoms with E-state index in [1.165, 1.54) is 17.0 Å². The Morgan fingerprint density at radius 2 is 1.84 bits per heavy atom. The lowest BCUT2D eigenvalue weighted by Gasteiger charge is -2.29. The van der Waals surface area contributed by atoms with Crippen molar-refractivity contribution in [3.8, 4) is 5.75 Å². The summed E-state index contributed by atoms with van der Waals surface area (Å²) in [4.78, 5) is 61.4. The molecule has 0 saturated carbocycles. The van der Waals surface area contributed by atoms with Gasteiger partial charge in [0.1, 0.15) is 18.4 Å². The molecule has 0 bridgehead atoms. The van der Waals surface area contributed by atoms with Gasteiger partial charge in [-0.2, -0.15) is 0 Å². The maximum Gasteiger partial charge on any atom is 0.305 e. The Bertz CT molecular complexity index is 901. The van der Waals surface area contributed by atoms with Crippen LogP contribution in [0.5, 0.6) is 5.75 Å². The number of likely N-dealkylation sites (tertiary alicyclic amines) is 1. The Morgan fingerprint density at radius 1 is 1.22 bits per heavy atom. The minimum Gasteiger partial charge on any atom is -0.505 e. The summed E-state index contributed by atoms with van der Waals surface area (Å²) in [6.07, 6.45) is 0.855. The number of nitrogens with one attached hydrogen (secondary N) is 2. The highest BCUT2D eigenvalue weighted by atomic mass is 35.5. The fourth-order valence-corrected chi connectivity index (χ4v) is 3.87. The zero-order chi connectivity index (χ0) is 24.0. The molecule has 1 aliphatic rings. The van der Waals surface area contributed by atoms with Crippen molar-refractivity contribution in [1.29, 1.82) is 0 Å². The van der Waals surface area contributed by atoms with Crippen LogP contribution in [0.4, 0.5) is 0 Å². The van der Waals surface area contributed by atoms with Crippen molar-refractivity contribution in [1.82, 2.24) is 15.5 Å². The first kappa shape index (κ1) is 25.4. The molecule has 1 saturated heterocycles. The number of aromatic hydroxyl groups is 1. The van der Waals surface area contributed by atoms with E-state index in [0.29, 0.717) is 19.1 Å². The summed E-state index contributed by atoms with van der Waals surface area (Å²) in [5, 5.41) is 23.1. The summed E-state index contributed by atoms with van der Waals surface area (Å²) in [6.45, 7) is 1.95. The molecule has 1 fully saturated rings. The molecule has 4 N–H and O–H groups in total. The number of hydrogen-bond donors (Lipinski definition) is 4. The largest absolute Gasteiger partial charge is 0.505 e. The summed E-state index contributed by atoms with van der Waals surface area (Å²) in [6, 6.07) is -0.624. The van der Waals surface area contributed by atoms with Crippen molar-refractivity contribution in [3.63, 3.8) is 0 Å². The third-order valence-electron chi connectivity index (χ3n) is 5.02. The van der Waals surface area contributed by atoms with Gasteiger partial charge in [-0.25, -0.2) is 0 Å². The molecule has 174 valence electrons. The van der Waals surface area contributed by atoms with Crippen LogP contribution in [0.3, 0.4) is 0 Å². The van der Waals surface area contributed by atoms with Crippen molar-refractivity contribution in [2.75, 3.05) is 6.54 Å². The first-order valence-corrected chi connectivity index (χ1v) is 10.6. The van der Waals surface area contributed by atoms with Gasteiger partial charge in [-0.05, 0) is 31.4 Å². The topological polar surface area (TPSA) is 153 Å². The second-order valence-corrected chi connectivity index (χ2v) is 8.08. The predicted molar refractivity (Wildman–Crippen MR) is 115 cm³/mol. The minimum absolute atomic E-state index is 0.0438. The molecule has 2 rings (SSSR count). The number of hydrogen-bond acceptors (Lipinski definition) is 6. The van der Waals surface area contributed by atoms with E-state index in [0.717, 1.165) is 0 Å². The Balaban J connectivity index is 2.11. The van der Waals surface area contributed by atoms with Crippen LogP contribution in [0.1, 0.15) is 43.0 Å². The van der Waals surface area contributed by atoms with Crippen LogP contribution in [0.15, 0.2) is 12.1 Å². The standard InChI is InChI=1S/C20H23Cl2N3O7/c1-2-14(24-18(30)10-6-12(21)17(29)13(22)7-10)20(32)25-5-3-4-15(25)19(31)23-11(9-26)8-16(27)28/h6-7,9,11,14-15,29H,2-5,8H2,1H3,(H,23,31)(H,24,30)(H,27,28)/t11-,14-,15?/m0/s1. The second kappa shape index (κ2) is 11.1. The number of halogens is 2. The number of amides is 3.